The molecule has 0 aromatic carbocycles. The van der Waals surface area contributed by atoms with E-state index in [9.17, 15) is 18.0 Å². The van der Waals surface area contributed by atoms with Gasteiger partial charge in [-0.3, -0.25) is 4.79 Å². The van der Waals surface area contributed by atoms with Gasteiger partial charge in [0.2, 0.25) is 5.88 Å². The van der Waals surface area contributed by atoms with Crippen molar-refractivity contribution in [3.8, 4) is 5.88 Å². The molecule has 0 aliphatic carbocycles. The molecule has 0 aliphatic heterocycles. The molecule has 0 spiro atoms. The Kier molecular flexibility index (Phi) is 3.41. The lowest BCUT2D eigenvalue weighted by Gasteiger charge is -2.08. The molecule has 0 fully saturated rings. The average Bonchev–Trinajstić information content (AvgIpc) is 1.99. The molecular formula is C7H2Cl2F3NO2. The summed E-state index contributed by atoms with van der Waals surface area (Å²) in [6.45, 7) is 0. The lowest BCUT2D eigenvalue weighted by molar-refractivity contribution is -0.276. The lowest BCUT2D eigenvalue weighted by atomic mass is 10.3. The summed E-state index contributed by atoms with van der Waals surface area (Å²) in [7, 11) is 0. The van der Waals surface area contributed by atoms with Crippen molar-refractivity contribution >= 4 is 28.4 Å². The standard InChI is InChI=1S/C7H2Cl2F3NO2/c8-5-3(6(9)14)1-2-4(13-5)15-7(10,11)12/h1-2H. The summed E-state index contributed by atoms with van der Waals surface area (Å²) >= 11 is 10.5. The van der Waals surface area contributed by atoms with E-state index in [4.69, 9.17) is 23.2 Å². The normalized spacial score (nSPS) is 11.3. The molecule has 0 radical (unpaired) electrons. The van der Waals surface area contributed by atoms with Crippen LogP contribution in [0.2, 0.25) is 5.15 Å². The number of alkyl halides is 3. The van der Waals surface area contributed by atoms with E-state index in [2.05, 4.69) is 9.72 Å². The largest absolute Gasteiger partial charge is 0.574 e. The third-order valence-electron chi connectivity index (χ3n) is 1.26. The van der Waals surface area contributed by atoms with Crippen LogP contribution >= 0.6 is 23.2 Å². The second-order valence-electron chi connectivity index (χ2n) is 2.31. The number of hydrogen-bond donors (Lipinski definition) is 0. The summed E-state index contributed by atoms with van der Waals surface area (Å²) in [5, 5.41) is -1.36. The zero-order valence-electron chi connectivity index (χ0n) is 6.81. The minimum absolute atomic E-state index is 0.187. The van der Waals surface area contributed by atoms with E-state index >= 15 is 0 Å². The number of rotatable bonds is 2. The van der Waals surface area contributed by atoms with E-state index in [0.29, 0.717) is 0 Å². The first-order valence-electron chi connectivity index (χ1n) is 3.42. The molecule has 0 saturated carbocycles. The van der Waals surface area contributed by atoms with Gasteiger partial charge in [0.15, 0.2) is 0 Å². The molecule has 15 heavy (non-hydrogen) atoms. The quantitative estimate of drug-likeness (QED) is 0.606. The van der Waals surface area contributed by atoms with Gasteiger partial charge >= 0.3 is 6.36 Å². The van der Waals surface area contributed by atoms with Gasteiger partial charge in [-0.1, -0.05) is 11.6 Å². The Balaban J connectivity index is 2.97. The van der Waals surface area contributed by atoms with Crippen molar-refractivity contribution in [3.05, 3.63) is 22.8 Å². The van der Waals surface area contributed by atoms with Gasteiger partial charge in [0.1, 0.15) is 5.15 Å². The maximum atomic E-state index is 11.7. The van der Waals surface area contributed by atoms with Gasteiger partial charge in [-0.2, -0.15) is 0 Å². The molecule has 0 bridgehead atoms. The van der Waals surface area contributed by atoms with Crippen molar-refractivity contribution in [3.63, 3.8) is 0 Å². The number of ether oxygens (including phenoxy) is 1. The van der Waals surface area contributed by atoms with E-state index < -0.39 is 22.6 Å². The molecule has 0 amide bonds. The van der Waals surface area contributed by atoms with Crippen LogP contribution in [0.3, 0.4) is 0 Å². The fourth-order valence-corrected chi connectivity index (χ4v) is 1.17. The Labute approximate surface area is 91.8 Å². The average molecular weight is 260 g/mol. The zero-order chi connectivity index (χ0) is 11.6. The summed E-state index contributed by atoms with van der Waals surface area (Å²) in [6.07, 6.45) is -4.86. The molecule has 1 aromatic rings. The predicted molar refractivity (Wildman–Crippen MR) is 46.1 cm³/mol. The number of nitrogens with zero attached hydrogens (tertiary/aromatic N) is 1. The SMILES string of the molecule is O=C(Cl)c1ccc(OC(F)(F)F)nc1Cl. The Morgan fingerprint density at radius 3 is 2.40 bits per heavy atom. The molecule has 3 nitrogen and oxygen atoms in total. The molecule has 1 heterocycles. The highest BCUT2D eigenvalue weighted by molar-refractivity contribution is 6.68. The fraction of sp³-hybridized carbons (Fsp3) is 0.143. The van der Waals surface area contributed by atoms with Gasteiger partial charge in [-0.15, -0.1) is 13.2 Å². The Morgan fingerprint density at radius 2 is 2.00 bits per heavy atom. The van der Waals surface area contributed by atoms with Crippen LogP contribution in [-0.4, -0.2) is 16.6 Å². The first-order valence-corrected chi connectivity index (χ1v) is 4.17. The molecule has 82 valence electrons. The highest BCUT2D eigenvalue weighted by Crippen LogP contribution is 2.24. The molecule has 0 unspecified atom stereocenters. The highest BCUT2D eigenvalue weighted by Gasteiger charge is 2.32. The molecule has 0 atom stereocenters. The van der Waals surface area contributed by atoms with E-state index in [0.717, 1.165) is 12.1 Å². The lowest BCUT2D eigenvalue weighted by Crippen LogP contribution is -2.18. The molecule has 1 rings (SSSR count). The third-order valence-corrected chi connectivity index (χ3v) is 1.75. The summed E-state index contributed by atoms with van der Waals surface area (Å²) < 4.78 is 38.7. The van der Waals surface area contributed by atoms with Gasteiger partial charge in [0.05, 0.1) is 5.56 Å². The van der Waals surface area contributed by atoms with Gasteiger partial charge in [0.25, 0.3) is 5.24 Å². The van der Waals surface area contributed by atoms with E-state index in [1.807, 2.05) is 0 Å². The van der Waals surface area contributed by atoms with Crippen molar-refractivity contribution in [2.24, 2.45) is 0 Å². The van der Waals surface area contributed by atoms with Crippen molar-refractivity contribution in [2.45, 2.75) is 6.36 Å². The third kappa shape index (κ3) is 3.56. The van der Waals surface area contributed by atoms with Crippen LogP contribution in [0.5, 0.6) is 5.88 Å². The van der Waals surface area contributed by atoms with Crippen molar-refractivity contribution in [2.75, 3.05) is 0 Å². The molecule has 0 saturated heterocycles. The summed E-state index contributed by atoms with van der Waals surface area (Å²) in [6, 6.07) is 1.83. The number of pyridine rings is 1. The van der Waals surface area contributed by atoms with Gasteiger partial charge in [-0.05, 0) is 17.7 Å². The molecular weight excluding hydrogens is 258 g/mol. The Hall–Kier alpha value is -1.01. The second kappa shape index (κ2) is 4.24. The van der Waals surface area contributed by atoms with Crippen LogP contribution in [0.15, 0.2) is 12.1 Å². The summed E-state index contributed by atoms with van der Waals surface area (Å²) in [4.78, 5) is 13.8. The van der Waals surface area contributed by atoms with Gasteiger partial charge < -0.3 is 4.74 Å². The van der Waals surface area contributed by atoms with Crippen molar-refractivity contribution < 1.29 is 22.7 Å². The fourth-order valence-electron chi connectivity index (χ4n) is 0.740. The van der Waals surface area contributed by atoms with Crippen LogP contribution in [0.4, 0.5) is 13.2 Å². The van der Waals surface area contributed by atoms with Crippen LogP contribution in [0.1, 0.15) is 10.4 Å². The summed E-state index contributed by atoms with van der Waals surface area (Å²) in [5.41, 5.74) is -0.187. The highest BCUT2D eigenvalue weighted by atomic mass is 35.5. The minimum atomic E-state index is -4.86. The maximum Gasteiger partial charge on any atom is 0.574 e. The van der Waals surface area contributed by atoms with E-state index in [1.165, 1.54) is 0 Å². The van der Waals surface area contributed by atoms with E-state index in [1.54, 1.807) is 0 Å². The monoisotopic (exact) mass is 259 g/mol. The van der Waals surface area contributed by atoms with Crippen molar-refractivity contribution in [1.82, 2.24) is 4.98 Å². The number of carbonyl (C=O) groups is 1. The summed E-state index contributed by atoms with van der Waals surface area (Å²) in [5.74, 6) is -0.755. The second-order valence-corrected chi connectivity index (χ2v) is 3.01. The van der Waals surface area contributed by atoms with Crippen LogP contribution in [0.25, 0.3) is 0 Å². The molecule has 8 heteroatoms. The van der Waals surface area contributed by atoms with Crippen LogP contribution in [-0.2, 0) is 0 Å². The van der Waals surface area contributed by atoms with E-state index in [-0.39, 0.29) is 5.56 Å². The first-order chi connectivity index (χ1) is 6.79. The minimum Gasteiger partial charge on any atom is -0.388 e. The Bertz CT molecular complexity index is 394. The number of halogens is 5. The Morgan fingerprint density at radius 1 is 1.40 bits per heavy atom. The van der Waals surface area contributed by atoms with Gasteiger partial charge in [0, 0.05) is 6.07 Å². The first kappa shape index (κ1) is 12.1. The smallest absolute Gasteiger partial charge is 0.388 e. The van der Waals surface area contributed by atoms with Crippen LogP contribution in [0, 0.1) is 0 Å². The predicted octanol–water partition coefficient (Wildman–Crippen LogP) is 3.01. The maximum absolute atomic E-state index is 11.7. The molecule has 1 aromatic heterocycles. The molecule has 0 aliphatic rings. The van der Waals surface area contributed by atoms with Crippen LogP contribution < -0.4 is 4.74 Å². The van der Waals surface area contributed by atoms with Crippen molar-refractivity contribution in [1.29, 1.82) is 0 Å². The number of carbonyl (C=O) groups excluding carboxylic acids is 1. The topological polar surface area (TPSA) is 39.2 Å². The molecule has 0 N–H and O–H groups in total. The number of hydrogen-bond acceptors (Lipinski definition) is 3. The number of aromatic nitrogens is 1. The zero-order valence-corrected chi connectivity index (χ0v) is 8.32. The van der Waals surface area contributed by atoms with Gasteiger partial charge in [-0.25, -0.2) is 4.98 Å².